The summed E-state index contributed by atoms with van der Waals surface area (Å²) in [5.74, 6) is -0.0853. The number of carbonyl (C=O) groups excluding carboxylic acids is 2. The van der Waals surface area contributed by atoms with Crippen molar-refractivity contribution >= 4 is 34.8 Å². The van der Waals surface area contributed by atoms with Gasteiger partial charge in [0.2, 0.25) is 5.91 Å². The highest BCUT2D eigenvalue weighted by Gasteiger charge is 2.29. The van der Waals surface area contributed by atoms with E-state index < -0.39 is 6.04 Å². The second-order valence-electron chi connectivity index (χ2n) is 4.51. The van der Waals surface area contributed by atoms with Crippen LogP contribution in [0.25, 0.3) is 11.3 Å². The minimum atomic E-state index is -0.524. The van der Waals surface area contributed by atoms with E-state index in [2.05, 4.69) is 15.6 Å². The molecule has 2 aromatic rings. The normalized spacial score (nSPS) is 18.7. The van der Waals surface area contributed by atoms with E-state index in [1.54, 1.807) is 6.20 Å². The molecule has 1 aliphatic rings. The predicted octanol–water partition coefficient (Wildman–Crippen LogP) is 1.65. The number of aromatic nitrogens is 3. The number of imide groups is 1. The second-order valence-corrected chi connectivity index (χ2v) is 5.99. The number of carbonyl (C=O) groups is 2. The number of methoxy groups -OCH3 is 1. The summed E-state index contributed by atoms with van der Waals surface area (Å²) in [6.07, 6.45) is 2.36. The highest BCUT2D eigenvalue weighted by Crippen LogP contribution is 2.40. The van der Waals surface area contributed by atoms with Crippen molar-refractivity contribution in [2.24, 2.45) is 0 Å². The number of rotatable bonds is 3. The van der Waals surface area contributed by atoms with Gasteiger partial charge in [-0.1, -0.05) is 16.8 Å². The number of nitrogens with one attached hydrogen (secondary N) is 1. The Bertz CT molecular complexity index is 711. The third kappa shape index (κ3) is 2.52. The van der Waals surface area contributed by atoms with Gasteiger partial charge in [-0.05, 0) is 6.42 Å². The molecule has 2 aromatic heterocycles. The van der Waals surface area contributed by atoms with E-state index in [0.29, 0.717) is 28.6 Å². The summed E-state index contributed by atoms with van der Waals surface area (Å²) in [6, 6.07) is -0.524. The molecule has 1 aliphatic heterocycles. The zero-order valence-electron chi connectivity index (χ0n) is 11.0. The van der Waals surface area contributed by atoms with E-state index in [1.165, 1.54) is 23.1 Å². The standard InChI is InChI=1S/C12H11ClN4O3S/c1-20-10-6(5-21-11(10)13)7-4-17(16-15-7)8-2-3-9(18)14-12(8)19/h4-5,8H,2-3H2,1H3,(H,14,18,19). The van der Waals surface area contributed by atoms with Crippen LogP contribution >= 0.6 is 22.9 Å². The number of hydrogen-bond acceptors (Lipinski definition) is 6. The number of thiophene rings is 1. The SMILES string of the molecule is COc1c(-c2cn(C3CCC(=O)NC3=O)nn2)csc1Cl. The average Bonchev–Trinajstić information content (AvgIpc) is 3.05. The number of hydrogen-bond donors (Lipinski definition) is 1. The largest absolute Gasteiger partial charge is 0.494 e. The van der Waals surface area contributed by atoms with Crippen molar-refractivity contribution in [3.8, 4) is 17.0 Å². The molecule has 0 radical (unpaired) electrons. The molecule has 0 aliphatic carbocycles. The smallest absolute Gasteiger partial charge is 0.251 e. The van der Waals surface area contributed by atoms with Crippen LogP contribution in [-0.4, -0.2) is 33.9 Å². The van der Waals surface area contributed by atoms with Gasteiger partial charge >= 0.3 is 0 Å². The molecule has 0 aromatic carbocycles. The molecule has 3 rings (SSSR count). The quantitative estimate of drug-likeness (QED) is 0.867. The molecule has 21 heavy (non-hydrogen) atoms. The first kappa shape index (κ1) is 14.0. The molecule has 0 bridgehead atoms. The summed E-state index contributed by atoms with van der Waals surface area (Å²) in [7, 11) is 1.53. The van der Waals surface area contributed by atoms with Gasteiger partial charge in [0.1, 0.15) is 16.1 Å². The third-order valence-corrected chi connectivity index (χ3v) is 4.41. The lowest BCUT2D eigenvalue weighted by Gasteiger charge is -2.20. The topological polar surface area (TPSA) is 86.1 Å². The number of nitrogens with zero attached hydrogens (tertiary/aromatic N) is 3. The van der Waals surface area contributed by atoms with Crippen LogP contribution in [0.15, 0.2) is 11.6 Å². The van der Waals surface area contributed by atoms with Crippen LogP contribution in [0.1, 0.15) is 18.9 Å². The summed E-state index contributed by atoms with van der Waals surface area (Å²) < 4.78 is 7.23. The Morgan fingerprint density at radius 2 is 2.33 bits per heavy atom. The van der Waals surface area contributed by atoms with Crippen LogP contribution < -0.4 is 10.1 Å². The average molecular weight is 327 g/mol. The zero-order valence-corrected chi connectivity index (χ0v) is 12.6. The highest BCUT2D eigenvalue weighted by atomic mass is 35.5. The molecule has 110 valence electrons. The fraction of sp³-hybridized carbons (Fsp3) is 0.333. The van der Waals surface area contributed by atoms with Crippen molar-refractivity contribution < 1.29 is 14.3 Å². The molecule has 7 nitrogen and oxygen atoms in total. The van der Waals surface area contributed by atoms with E-state index in [-0.39, 0.29) is 11.8 Å². The van der Waals surface area contributed by atoms with Gasteiger partial charge < -0.3 is 4.74 Å². The van der Waals surface area contributed by atoms with Gasteiger partial charge in [0.15, 0.2) is 5.75 Å². The molecule has 1 N–H and O–H groups in total. The Labute approximate surface area is 128 Å². The summed E-state index contributed by atoms with van der Waals surface area (Å²) in [5.41, 5.74) is 1.30. The molecule has 3 heterocycles. The van der Waals surface area contributed by atoms with Gasteiger partial charge in [-0.15, -0.1) is 16.4 Å². The van der Waals surface area contributed by atoms with Crippen molar-refractivity contribution in [1.29, 1.82) is 0 Å². The fourth-order valence-electron chi connectivity index (χ4n) is 2.18. The van der Waals surface area contributed by atoms with E-state index in [4.69, 9.17) is 16.3 Å². The highest BCUT2D eigenvalue weighted by molar-refractivity contribution is 7.15. The number of amides is 2. The first-order valence-electron chi connectivity index (χ1n) is 6.17. The summed E-state index contributed by atoms with van der Waals surface area (Å²) in [6.45, 7) is 0. The lowest BCUT2D eigenvalue weighted by molar-refractivity contribution is -0.136. The first-order valence-corrected chi connectivity index (χ1v) is 7.42. The lowest BCUT2D eigenvalue weighted by Crippen LogP contribution is -2.41. The Morgan fingerprint density at radius 1 is 1.52 bits per heavy atom. The summed E-state index contributed by atoms with van der Waals surface area (Å²) in [4.78, 5) is 23.0. The van der Waals surface area contributed by atoms with Gasteiger partial charge in [0.05, 0.1) is 18.9 Å². The summed E-state index contributed by atoms with van der Waals surface area (Å²) >= 11 is 7.36. The molecule has 2 amide bonds. The third-order valence-electron chi connectivity index (χ3n) is 3.22. The maximum atomic E-state index is 11.8. The molecular weight excluding hydrogens is 316 g/mol. The van der Waals surface area contributed by atoms with Crippen molar-refractivity contribution in [1.82, 2.24) is 20.3 Å². The van der Waals surface area contributed by atoms with Crippen LogP contribution in [0.4, 0.5) is 0 Å². The number of piperidine rings is 1. The zero-order chi connectivity index (χ0) is 15.0. The van der Waals surface area contributed by atoms with Crippen molar-refractivity contribution in [2.75, 3.05) is 7.11 Å². The van der Waals surface area contributed by atoms with Crippen LogP contribution in [0.2, 0.25) is 4.34 Å². The predicted molar refractivity (Wildman–Crippen MR) is 76.3 cm³/mol. The Balaban J connectivity index is 1.90. The molecule has 0 saturated carbocycles. The number of halogens is 1. The first-order chi connectivity index (χ1) is 10.1. The minimum Gasteiger partial charge on any atom is -0.494 e. The van der Waals surface area contributed by atoms with Gasteiger partial charge in [-0.25, -0.2) is 4.68 Å². The van der Waals surface area contributed by atoms with Crippen LogP contribution in [-0.2, 0) is 9.59 Å². The van der Waals surface area contributed by atoms with E-state index in [9.17, 15) is 9.59 Å². The van der Waals surface area contributed by atoms with Gasteiger partial charge in [-0.3, -0.25) is 14.9 Å². The van der Waals surface area contributed by atoms with E-state index >= 15 is 0 Å². The van der Waals surface area contributed by atoms with Crippen molar-refractivity contribution in [3.63, 3.8) is 0 Å². The van der Waals surface area contributed by atoms with Crippen molar-refractivity contribution in [3.05, 3.63) is 15.9 Å². The van der Waals surface area contributed by atoms with Crippen molar-refractivity contribution in [2.45, 2.75) is 18.9 Å². The van der Waals surface area contributed by atoms with Gasteiger partial charge in [0, 0.05) is 11.8 Å². The monoisotopic (exact) mass is 326 g/mol. The van der Waals surface area contributed by atoms with Gasteiger partial charge in [0.25, 0.3) is 5.91 Å². The van der Waals surface area contributed by atoms with Gasteiger partial charge in [-0.2, -0.15) is 0 Å². The van der Waals surface area contributed by atoms with Crippen LogP contribution in [0.5, 0.6) is 5.75 Å². The molecule has 1 unspecified atom stereocenters. The maximum absolute atomic E-state index is 11.8. The summed E-state index contributed by atoms with van der Waals surface area (Å²) in [5, 5.41) is 12.1. The van der Waals surface area contributed by atoms with Crippen LogP contribution in [0, 0.1) is 0 Å². The molecular formula is C12H11ClN4O3S. The maximum Gasteiger partial charge on any atom is 0.251 e. The lowest BCUT2D eigenvalue weighted by atomic mass is 10.1. The number of ether oxygens (including phenoxy) is 1. The molecule has 9 heteroatoms. The molecule has 1 atom stereocenters. The molecule has 1 saturated heterocycles. The Morgan fingerprint density at radius 3 is 3.05 bits per heavy atom. The second kappa shape index (κ2) is 5.45. The minimum absolute atomic E-state index is 0.261. The molecule has 1 fully saturated rings. The van der Waals surface area contributed by atoms with Crippen LogP contribution in [0.3, 0.4) is 0 Å². The fourth-order valence-corrected chi connectivity index (χ4v) is 3.24. The van der Waals surface area contributed by atoms with E-state index in [0.717, 1.165) is 5.56 Å². The molecule has 0 spiro atoms. The Kier molecular flexibility index (Phi) is 3.64. The van der Waals surface area contributed by atoms with E-state index in [1.807, 2.05) is 5.38 Å². The Hall–Kier alpha value is -1.93.